The number of hydrogen-bond acceptors (Lipinski definition) is 7. The summed E-state index contributed by atoms with van der Waals surface area (Å²) in [5.41, 5.74) is 2.11. The van der Waals surface area contributed by atoms with Crippen LogP contribution in [-0.4, -0.2) is 62.6 Å². The highest BCUT2D eigenvalue weighted by Crippen LogP contribution is 2.39. The maximum absolute atomic E-state index is 14.0. The van der Waals surface area contributed by atoms with Crippen LogP contribution in [0.15, 0.2) is 79.1 Å². The van der Waals surface area contributed by atoms with Gasteiger partial charge in [-0.15, -0.1) is 0 Å². The van der Waals surface area contributed by atoms with E-state index in [9.17, 15) is 32.8 Å². The van der Waals surface area contributed by atoms with E-state index in [1.165, 1.54) is 59.2 Å². The quantitative estimate of drug-likeness (QED) is 0.222. The zero-order valence-electron chi connectivity index (χ0n) is 23.5. The summed E-state index contributed by atoms with van der Waals surface area (Å²) in [6, 6.07) is 17.9. The molecule has 1 aliphatic rings. The van der Waals surface area contributed by atoms with Gasteiger partial charge in [0, 0.05) is 47.8 Å². The first kappa shape index (κ1) is 30.4. The van der Waals surface area contributed by atoms with Crippen LogP contribution in [0.1, 0.15) is 34.5 Å². The number of ether oxygens (including phenoxy) is 1. The van der Waals surface area contributed by atoms with E-state index in [0.717, 1.165) is 22.2 Å². The van der Waals surface area contributed by atoms with E-state index in [1.54, 1.807) is 0 Å². The second-order valence-corrected chi connectivity index (χ2v) is 10.5. The summed E-state index contributed by atoms with van der Waals surface area (Å²) in [5.74, 6) is -3.42. The van der Waals surface area contributed by atoms with Crippen molar-refractivity contribution in [2.45, 2.75) is 38.1 Å². The van der Waals surface area contributed by atoms with Crippen LogP contribution < -0.4 is 15.1 Å². The molecule has 2 aromatic carbocycles. The van der Waals surface area contributed by atoms with Crippen molar-refractivity contribution in [2.75, 3.05) is 18.0 Å². The van der Waals surface area contributed by atoms with Crippen molar-refractivity contribution in [3.63, 3.8) is 0 Å². The number of amides is 3. The number of hydrogen-bond donors (Lipinski definition) is 2. The van der Waals surface area contributed by atoms with Crippen LogP contribution in [0.5, 0.6) is 5.75 Å². The number of carbonyl (C=O) groups is 3. The number of nitrogens with one attached hydrogen (secondary N) is 1. The molecule has 44 heavy (non-hydrogen) atoms. The average Bonchev–Trinajstić information content (AvgIpc) is 3.44. The molecule has 2 aromatic heterocycles. The van der Waals surface area contributed by atoms with Crippen LogP contribution in [0, 0.1) is 6.92 Å². The smallest absolute Gasteiger partial charge is 0.471 e. The van der Waals surface area contributed by atoms with E-state index >= 15 is 0 Å². The summed E-state index contributed by atoms with van der Waals surface area (Å²) in [6.07, 6.45) is -3.39. The highest BCUT2D eigenvalue weighted by Gasteiger charge is 2.54. The molecule has 1 unspecified atom stereocenters. The molecule has 3 amide bonds. The average molecular weight is 608 g/mol. The van der Waals surface area contributed by atoms with Gasteiger partial charge < -0.3 is 9.64 Å². The summed E-state index contributed by atoms with van der Waals surface area (Å²) < 4.78 is 48.0. The van der Waals surface area contributed by atoms with E-state index in [2.05, 4.69) is 9.97 Å². The molecule has 1 saturated heterocycles. The number of likely N-dealkylation sites (tertiary alicyclic amines) is 1. The lowest BCUT2D eigenvalue weighted by Crippen LogP contribution is -2.59. The predicted molar refractivity (Wildman–Crippen MR) is 153 cm³/mol. The van der Waals surface area contributed by atoms with Crippen LogP contribution in [0.2, 0.25) is 0 Å². The molecule has 1 atom stereocenters. The molecule has 0 spiro atoms. The number of para-hydroxylation sites is 1. The van der Waals surface area contributed by atoms with Crippen molar-refractivity contribution in [2.24, 2.45) is 0 Å². The first-order valence-corrected chi connectivity index (χ1v) is 13.6. The first-order chi connectivity index (χ1) is 21.0. The molecule has 10 nitrogen and oxygen atoms in total. The molecule has 1 aliphatic heterocycles. The number of anilines is 1. The monoisotopic (exact) mass is 607 g/mol. The molecular weight excluding hydrogens is 579 g/mol. The Bertz CT molecular complexity index is 1680. The Labute approximate surface area is 250 Å². The number of hydroxylamine groups is 1. The number of fused-ring (bicyclic) bond motifs is 1. The number of nitrogens with zero attached hydrogens (tertiary/aromatic N) is 4. The Kier molecular flexibility index (Phi) is 8.50. The van der Waals surface area contributed by atoms with Crippen molar-refractivity contribution < 1.29 is 37.5 Å². The van der Waals surface area contributed by atoms with E-state index in [4.69, 9.17) is 4.74 Å². The Balaban J connectivity index is 1.45. The van der Waals surface area contributed by atoms with Crippen LogP contribution >= 0.6 is 0 Å². The minimum atomic E-state index is -5.31. The number of aromatic nitrogens is 2. The molecule has 1 fully saturated rings. The maximum Gasteiger partial charge on any atom is 0.471 e. The van der Waals surface area contributed by atoms with Gasteiger partial charge in [-0.1, -0.05) is 18.2 Å². The van der Waals surface area contributed by atoms with Gasteiger partial charge in [-0.2, -0.15) is 13.2 Å². The zero-order chi connectivity index (χ0) is 31.5. The van der Waals surface area contributed by atoms with Crippen LogP contribution in [0.4, 0.5) is 18.9 Å². The van der Waals surface area contributed by atoms with Gasteiger partial charge >= 0.3 is 12.1 Å². The third kappa shape index (κ3) is 6.32. The van der Waals surface area contributed by atoms with Crippen molar-refractivity contribution in [1.29, 1.82) is 0 Å². The fourth-order valence-corrected chi connectivity index (χ4v) is 5.55. The van der Waals surface area contributed by atoms with E-state index in [0.29, 0.717) is 10.6 Å². The summed E-state index contributed by atoms with van der Waals surface area (Å²) >= 11 is 0. The minimum Gasteiger partial charge on any atom is -0.489 e. The number of halogens is 3. The summed E-state index contributed by atoms with van der Waals surface area (Å²) in [5, 5.41) is 10.1. The normalized spacial score (nSPS) is 16.5. The van der Waals surface area contributed by atoms with Gasteiger partial charge in [0.2, 0.25) is 5.91 Å². The molecule has 0 bridgehead atoms. The second-order valence-electron chi connectivity index (χ2n) is 10.5. The van der Waals surface area contributed by atoms with Gasteiger partial charge in [0.25, 0.3) is 5.91 Å². The van der Waals surface area contributed by atoms with E-state index < -0.39 is 42.4 Å². The van der Waals surface area contributed by atoms with E-state index in [1.807, 2.05) is 37.3 Å². The van der Waals surface area contributed by atoms with Crippen LogP contribution in [0.3, 0.4) is 0 Å². The molecule has 0 aliphatic carbocycles. The van der Waals surface area contributed by atoms with Crippen molar-refractivity contribution in [3.8, 4) is 5.75 Å². The molecule has 3 heterocycles. The number of aryl methyl sites for hydroxylation is 1. The molecule has 4 aromatic rings. The molecule has 0 radical (unpaired) electrons. The van der Waals surface area contributed by atoms with Crippen LogP contribution in [-0.2, 0) is 16.2 Å². The largest absolute Gasteiger partial charge is 0.489 e. The Morgan fingerprint density at radius 3 is 2.52 bits per heavy atom. The molecule has 2 N–H and O–H groups in total. The van der Waals surface area contributed by atoms with Crippen LogP contribution in [0.25, 0.3) is 10.9 Å². The highest BCUT2D eigenvalue weighted by atomic mass is 19.4. The fraction of sp³-hybridized carbons (Fsp3) is 0.258. The molecule has 13 heteroatoms. The number of rotatable bonds is 8. The van der Waals surface area contributed by atoms with E-state index in [-0.39, 0.29) is 30.8 Å². The SMILES string of the molecule is Cc1cc(COc2ccc(N(C(=O)C(F)(F)F)C3(CC(=O)NO)CCN(C(=O)c4cccnc4)C3)cc2)c2ccccc2n1. The van der Waals surface area contributed by atoms with Crippen molar-refractivity contribution >= 4 is 34.3 Å². The second kappa shape index (κ2) is 12.3. The highest BCUT2D eigenvalue weighted by molar-refractivity contribution is 6.00. The van der Waals surface area contributed by atoms with Gasteiger partial charge in [0.1, 0.15) is 12.4 Å². The Morgan fingerprint density at radius 2 is 1.84 bits per heavy atom. The first-order valence-electron chi connectivity index (χ1n) is 13.6. The molecule has 5 rings (SSSR count). The molecular formula is C31H28F3N5O5. The number of alkyl halides is 3. The standard InChI is InChI=1S/C31H28F3N5O5/c1-20-15-22(25-6-2-3-7-26(25)36-20)18-44-24-10-8-23(9-11-24)39(29(42)31(32,33)34)30(16-27(40)37-43)12-14-38(19-30)28(41)21-5-4-13-35-17-21/h2-11,13,15,17,43H,12,14,16,18-19H2,1H3,(H,37,40). The summed E-state index contributed by atoms with van der Waals surface area (Å²) in [4.78, 5) is 48.7. The third-order valence-corrected chi connectivity index (χ3v) is 7.48. The minimum absolute atomic E-state index is 0.0470. The lowest BCUT2D eigenvalue weighted by Gasteiger charge is -2.41. The lowest BCUT2D eigenvalue weighted by atomic mass is 9.90. The topological polar surface area (TPSA) is 125 Å². The molecule has 228 valence electrons. The van der Waals surface area contributed by atoms with Crippen molar-refractivity contribution in [3.05, 3.63) is 95.9 Å². The van der Waals surface area contributed by atoms with Gasteiger partial charge in [-0.3, -0.25) is 34.5 Å². The third-order valence-electron chi connectivity index (χ3n) is 7.48. The van der Waals surface area contributed by atoms with Gasteiger partial charge in [-0.05, 0) is 61.9 Å². The zero-order valence-corrected chi connectivity index (χ0v) is 23.5. The lowest BCUT2D eigenvalue weighted by molar-refractivity contribution is -0.172. The Hall–Kier alpha value is -5.04. The number of pyridine rings is 2. The van der Waals surface area contributed by atoms with Gasteiger partial charge in [0.15, 0.2) is 0 Å². The summed E-state index contributed by atoms with van der Waals surface area (Å²) in [7, 11) is 0. The summed E-state index contributed by atoms with van der Waals surface area (Å²) in [6.45, 7) is 1.57. The van der Waals surface area contributed by atoms with Crippen molar-refractivity contribution in [1.82, 2.24) is 20.3 Å². The van der Waals surface area contributed by atoms with Gasteiger partial charge in [-0.25, -0.2) is 5.48 Å². The number of carbonyl (C=O) groups excluding carboxylic acids is 3. The fourth-order valence-electron chi connectivity index (χ4n) is 5.55. The Morgan fingerprint density at radius 1 is 1.09 bits per heavy atom. The number of benzene rings is 2. The predicted octanol–water partition coefficient (Wildman–Crippen LogP) is 4.59. The maximum atomic E-state index is 14.0. The molecule has 0 saturated carbocycles. The van der Waals surface area contributed by atoms with Gasteiger partial charge in [0.05, 0.1) is 23.0 Å².